The minimum absolute atomic E-state index is 0.0818. The Bertz CT molecular complexity index is 479. The molecule has 1 fully saturated rings. The van der Waals surface area contributed by atoms with Gasteiger partial charge in [0.25, 0.3) is 0 Å². The predicted octanol–water partition coefficient (Wildman–Crippen LogP) is 2.46. The van der Waals surface area contributed by atoms with Crippen LogP contribution >= 0.6 is 11.3 Å². The van der Waals surface area contributed by atoms with Crippen molar-refractivity contribution in [1.29, 1.82) is 0 Å². The summed E-state index contributed by atoms with van der Waals surface area (Å²) < 4.78 is 5.69. The highest BCUT2D eigenvalue weighted by Gasteiger charge is 2.27. The Labute approximate surface area is 117 Å². The molecule has 0 saturated carbocycles. The Morgan fingerprint density at radius 1 is 1.58 bits per heavy atom. The van der Waals surface area contributed by atoms with E-state index < -0.39 is 5.97 Å². The monoisotopic (exact) mass is 281 g/mol. The van der Waals surface area contributed by atoms with Crippen molar-refractivity contribution in [2.45, 2.75) is 26.0 Å². The molecule has 4 nitrogen and oxygen atoms in total. The van der Waals surface area contributed by atoms with Crippen LogP contribution in [0.3, 0.4) is 0 Å². The highest BCUT2D eigenvalue weighted by molar-refractivity contribution is 7.12. The number of hydrogen-bond donors (Lipinski definition) is 1. The van der Waals surface area contributed by atoms with Crippen LogP contribution in [0.25, 0.3) is 6.08 Å². The molecule has 0 atom stereocenters. The Morgan fingerprint density at radius 2 is 2.37 bits per heavy atom. The number of ether oxygens (including phenoxy) is 1. The van der Waals surface area contributed by atoms with E-state index in [4.69, 9.17) is 9.84 Å². The molecule has 1 aliphatic rings. The Kier molecular flexibility index (Phi) is 4.39. The van der Waals surface area contributed by atoms with E-state index in [1.165, 1.54) is 11.0 Å². The molecule has 104 valence electrons. The van der Waals surface area contributed by atoms with Crippen LogP contribution in [-0.2, 0) is 16.1 Å². The number of carboxylic acid groups (broad SMARTS) is 1. The third-order valence-corrected chi connectivity index (χ3v) is 3.99. The van der Waals surface area contributed by atoms with E-state index >= 15 is 0 Å². The first-order chi connectivity index (χ1) is 8.94. The number of thiophene rings is 1. The molecule has 0 amide bonds. The van der Waals surface area contributed by atoms with Crippen LogP contribution < -0.4 is 0 Å². The lowest BCUT2D eigenvalue weighted by Gasteiger charge is -2.37. The summed E-state index contributed by atoms with van der Waals surface area (Å²) in [4.78, 5) is 15.1. The van der Waals surface area contributed by atoms with Crippen LogP contribution in [0, 0.1) is 0 Å². The molecule has 1 saturated heterocycles. The second kappa shape index (κ2) is 5.86. The molecule has 19 heavy (non-hydrogen) atoms. The number of morpholine rings is 1. The average molecular weight is 281 g/mol. The number of rotatable bonds is 4. The van der Waals surface area contributed by atoms with Gasteiger partial charge >= 0.3 is 5.97 Å². The van der Waals surface area contributed by atoms with E-state index in [1.807, 2.05) is 6.07 Å². The third kappa shape index (κ3) is 4.45. The number of nitrogens with zero attached hydrogens (tertiary/aromatic N) is 1. The Hall–Kier alpha value is -1.17. The molecule has 0 spiro atoms. The van der Waals surface area contributed by atoms with Crippen LogP contribution in [0.4, 0.5) is 0 Å². The summed E-state index contributed by atoms with van der Waals surface area (Å²) in [7, 11) is 0. The topological polar surface area (TPSA) is 49.8 Å². The number of carboxylic acids is 1. The first-order valence-corrected chi connectivity index (χ1v) is 7.12. The van der Waals surface area contributed by atoms with Crippen LogP contribution in [-0.4, -0.2) is 41.3 Å². The van der Waals surface area contributed by atoms with E-state index in [1.54, 1.807) is 17.4 Å². The average Bonchev–Trinajstić information content (AvgIpc) is 2.73. The molecule has 0 aliphatic carbocycles. The van der Waals surface area contributed by atoms with Crippen LogP contribution in [0.1, 0.15) is 23.6 Å². The Morgan fingerprint density at radius 3 is 3.05 bits per heavy atom. The zero-order valence-electron chi connectivity index (χ0n) is 11.3. The molecule has 0 aromatic carbocycles. The van der Waals surface area contributed by atoms with E-state index in [9.17, 15) is 4.79 Å². The lowest BCUT2D eigenvalue weighted by atomic mass is 10.1. The van der Waals surface area contributed by atoms with Crippen molar-refractivity contribution in [3.05, 3.63) is 28.0 Å². The summed E-state index contributed by atoms with van der Waals surface area (Å²) in [6.45, 7) is 7.75. The molecule has 1 aliphatic heterocycles. The van der Waals surface area contributed by atoms with Gasteiger partial charge in [0, 0.05) is 35.5 Å². The van der Waals surface area contributed by atoms with Gasteiger partial charge in [-0.15, -0.1) is 11.3 Å². The highest BCUT2D eigenvalue weighted by atomic mass is 32.1. The first-order valence-electron chi connectivity index (χ1n) is 6.31. The summed E-state index contributed by atoms with van der Waals surface area (Å²) in [6.07, 6.45) is 2.81. The molecule has 1 N–H and O–H groups in total. The van der Waals surface area contributed by atoms with Gasteiger partial charge in [-0.25, -0.2) is 4.79 Å². The van der Waals surface area contributed by atoms with Gasteiger partial charge in [0.15, 0.2) is 0 Å². The standard InChI is InChI=1S/C14H19NO3S/c1-14(2)10-15(7-8-18-14)9-12-4-3-11(19-12)5-6-13(16)17/h3-6H,7-10H2,1-2H3,(H,16,17)/b6-5+. The maximum atomic E-state index is 10.5. The molecule has 0 radical (unpaired) electrons. The quantitative estimate of drug-likeness (QED) is 0.861. The second-order valence-corrected chi connectivity index (χ2v) is 6.49. The number of hydrogen-bond acceptors (Lipinski definition) is 4. The molecule has 1 aromatic heterocycles. The SMILES string of the molecule is CC1(C)CN(Cc2ccc(/C=C/C(=O)O)s2)CCO1. The molecule has 2 rings (SSSR count). The summed E-state index contributed by atoms with van der Waals surface area (Å²) in [5, 5.41) is 8.60. The normalized spacial score (nSPS) is 19.9. The van der Waals surface area contributed by atoms with Gasteiger partial charge in [0.05, 0.1) is 12.2 Å². The molecular formula is C14H19NO3S. The van der Waals surface area contributed by atoms with E-state index in [0.29, 0.717) is 0 Å². The molecule has 0 bridgehead atoms. The van der Waals surface area contributed by atoms with Gasteiger partial charge < -0.3 is 9.84 Å². The van der Waals surface area contributed by atoms with Crippen molar-refractivity contribution in [1.82, 2.24) is 4.90 Å². The van der Waals surface area contributed by atoms with Crippen molar-refractivity contribution in [2.24, 2.45) is 0 Å². The Balaban J connectivity index is 1.94. The molecule has 5 heteroatoms. The van der Waals surface area contributed by atoms with E-state index in [-0.39, 0.29) is 5.60 Å². The zero-order chi connectivity index (χ0) is 13.9. The smallest absolute Gasteiger partial charge is 0.328 e. The predicted molar refractivity (Wildman–Crippen MR) is 76.3 cm³/mol. The second-order valence-electron chi connectivity index (χ2n) is 5.29. The third-order valence-electron chi connectivity index (χ3n) is 2.96. The molecule has 0 unspecified atom stereocenters. The first kappa shape index (κ1) is 14.2. The molecular weight excluding hydrogens is 262 g/mol. The number of carbonyl (C=O) groups is 1. The van der Waals surface area contributed by atoms with Gasteiger partial charge in [-0.05, 0) is 32.1 Å². The van der Waals surface area contributed by atoms with Gasteiger partial charge in [0.2, 0.25) is 0 Å². The van der Waals surface area contributed by atoms with Gasteiger partial charge in [-0.3, -0.25) is 4.90 Å². The minimum atomic E-state index is -0.912. The number of aliphatic carboxylic acids is 1. The van der Waals surface area contributed by atoms with Gasteiger partial charge in [0.1, 0.15) is 0 Å². The summed E-state index contributed by atoms with van der Waals surface area (Å²) in [5.74, 6) is -0.912. The maximum Gasteiger partial charge on any atom is 0.328 e. The van der Waals surface area contributed by atoms with Crippen LogP contribution in [0.15, 0.2) is 18.2 Å². The largest absolute Gasteiger partial charge is 0.478 e. The highest BCUT2D eigenvalue weighted by Crippen LogP contribution is 2.23. The summed E-state index contributed by atoms with van der Waals surface area (Å²) >= 11 is 1.64. The van der Waals surface area contributed by atoms with E-state index in [2.05, 4.69) is 24.8 Å². The van der Waals surface area contributed by atoms with Crippen molar-refractivity contribution in [3.63, 3.8) is 0 Å². The molecule has 1 aromatic rings. The maximum absolute atomic E-state index is 10.5. The lowest BCUT2D eigenvalue weighted by Crippen LogP contribution is -2.47. The van der Waals surface area contributed by atoms with Crippen molar-refractivity contribution >= 4 is 23.4 Å². The van der Waals surface area contributed by atoms with Crippen molar-refractivity contribution in [2.75, 3.05) is 19.7 Å². The summed E-state index contributed by atoms with van der Waals surface area (Å²) in [5.41, 5.74) is -0.0818. The van der Waals surface area contributed by atoms with Crippen LogP contribution in [0.2, 0.25) is 0 Å². The van der Waals surface area contributed by atoms with Gasteiger partial charge in [-0.2, -0.15) is 0 Å². The fourth-order valence-corrected chi connectivity index (χ4v) is 3.15. The van der Waals surface area contributed by atoms with Crippen molar-refractivity contribution in [3.8, 4) is 0 Å². The molecule has 2 heterocycles. The van der Waals surface area contributed by atoms with Crippen LogP contribution in [0.5, 0.6) is 0 Å². The zero-order valence-corrected chi connectivity index (χ0v) is 12.1. The van der Waals surface area contributed by atoms with E-state index in [0.717, 1.165) is 31.1 Å². The van der Waals surface area contributed by atoms with Gasteiger partial charge in [-0.1, -0.05) is 0 Å². The fraction of sp³-hybridized carbons (Fsp3) is 0.500. The minimum Gasteiger partial charge on any atom is -0.478 e. The summed E-state index contributed by atoms with van der Waals surface area (Å²) in [6, 6.07) is 4.03. The fourth-order valence-electron chi connectivity index (χ4n) is 2.19. The lowest BCUT2D eigenvalue weighted by molar-refractivity contribution is -0.131. The van der Waals surface area contributed by atoms with Crippen molar-refractivity contribution < 1.29 is 14.6 Å².